The molecule has 0 fully saturated rings. The second-order valence-electron chi connectivity index (χ2n) is 4.17. The summed E-state index contributed by atoms with van der Waals surface area (Å²) in [4.78, 5) is 4.10. The van der Waals surface area contributed by atoms with Gasteiger partial charge in [0.05, 0.1) is 0 Å². The zero-order chi connectivity index (χ0) is 13.0. The second-order valence-corrected chi connectivity index (χ2v) is 4.17. The number of aromatic nitrogens is 3. The topological polar surface area (TPSA) is 66.0 Å². The Morgan fingerprint density at radius 2 is 2.06 bits per heavy atom. The van der Waals surface area contributed by atoms with E-state index in [0.717, 1.165) is 23.6 Å². The first-order valence-corrected chi connectivity index (χ1v) is 6.02. The Balaban J connectivity index is 1.96. The first kappa shape index (κ1) is 12.6. The van der Waals surface area contributed by atoms with Crippen LogP contribution in [0.1, 0.15) is 30.8 Å². The normalized spacial score (nSPS) is 12.4. The molecule has 0 unspecified atom stereocenters. The lowest BCUT2D eigenvalue weighted by atomic mass is 10.1. The summed E-state index contributed by atoms with van der Waals surface area (Å²) in [6, 6.07) is 7.96. The zero-order valence-electron chi connectivity index (χ0n) is 10.7. The van der Waals surface area contributed by atoms with Crippen molar-refractivity contribution >= 4 is 0 Å². The minimum atomic E-state index is 0.0952. The van der Waals surface area contributed by atoms with Crippen molar-refractivity contribution < 1.29 is 4.74 Å². The van der Waals surface area contributed by atoms with E-state index in [0.29, 0.717) is 6.61 Å². The van der Waals surface area contributed by atoms with Crippen LogP contribution >= 0.6 is 0 Å². The molecule has 0 spiro atoms. The Bertz CT molecular complexity index is 492. The van der Waals surface area contributed by atoms with Gasteiger partial charge in [0, 0.05) is 13.1 Å². The van der Waals surface area contributed by atoms with Crippen LogP contribution in [0.2, 0.25) is 0 Å². The van der Waals surface area contributed by atoms with Crippen molar-refractivity contribution in [1.82, 2.24) is 14.8 Å². The third kappa shape index (κ3) is 2.87. The van der Waals surface area contributed by atoms with Crippen LogP contribution in [0.5, 0.6) is 5.75 Å². The van der Waals surface area contributed by atoms with Crippen molar-refractivity contribution in [3.63, 3.8) is 0 Å². The Morgan fingerprint density at radius 3 is 2.61 bits per heavy atom. The summed E-state index contributed by atoms with van der Waals surface area (Å²) in [7, 11) is 1.84. The van der Waals surface area contributed by atoms with Gasteiger partial charge in [-0.2, -0.15) is 5.10 Å². The number of ether oxygens (including phenoxy) is 1. The smallest absolute Gasteiger partial charge is 0.164 e. The molecule has 1 aromatic heterocycles. The molecule has 2 N–H and O–H groups in total. The summed E-state index contributed by atoms with van der Waals surface area (Å²) in [5, 5.41) is 3.99. The van der Waals surface area contributed by atoms with E-state index < -0.39 is 0 Å². The summed E-state index contributed by atoms with van der Waals surface area (Å²) < 4.78 is 7.33. The van der Waals surface area contributed by atoms with Crippen LogP contribution in [0.4, 0.5) is 0 Å². The van der Waals surface area contributed by atoms with E-state index in [1.54, 1.807) is 4.68 Å². The molecule has 2 rings (SSSR count). The highest BCUT2D eigenvalue weighted by molar-refractivity contribution is 5.29. The molecular formula is C13H18N4O. The van der Waals surface area contributed by atoms with Gasteiger partial charge in [-0.25, -0.2) is 4.98 Å². The first-order chi connectivity index (χ1) is 8.70. The summed E-state index contributed by atoms with van der Waals surface area (Å²) in [6.07, 6.45) is 2.45. The molecule has 0 amide bonds. The Labute approximate surface area is 107 Å². The van der Waals surface area contributed by atoms with Crippen molar-refractivity contribution in [3.8, 4) is 5.75 Å². The van der Waals surface area contributed by atoms with Crippen molar-refractivity contribution in [2.45, 2.75) is 26.0 Å². The molecule has 0 aliphatic heterocycles. The predicted octanol–water partition coefficient (Wildman–Crippen LogP) is 1.80. The summed E-state index contributed by atoms with van der Waals surface area (Å²) in [5.74, 6) is 1.61. The molecule has 0 aliphatic rings. The van der Waals surface area contributed by atoms with Crippen molar-refractivity contribution in [1.29, 1.82) is 0 Å². The van der Waals surface area contributed by atoms with E-state index >= 15 is 0 Å². The van der Waals surface area contributed by atoms with Crippen LogP contribution in [0, 0.1) is 0 Å². The standard InChI is InChI=1S/C13H18N4O/c1-3-12(14)10-4-6-11(7-5-10)18-8-13-15-9-16-17(13)2/h4-7,9,12H,3,8,14H2,1-2H3/t12-/m1/s1. The molecule has 1 heterocycles. The van der Waals surface area contributed by atoms with Gasteiger partial charge in [-0.3, -0.25) is 4.68 Å². The maximum absolute atomic E-state index is 5.95. The highest BCUT2D eigenvalue weighted by Gasteiger charge is 2.04. The third-order valence-electron chi connectivity index (χ3n) is 2.92. The van der Waals surface area contributed by atoms with Crippen LogP contribution in [-0.2, 0) is 13.7 Å². The summed E-state index contributed by atoms with van der Waals surface area (Å²) in [6.45, 7) is 2.48. The van der Waals surface area contributed by atoms with Gasteiger partial charge in [-0.1, -0.05) is 19.1 Å². The van der Waals surface area contributed by atoms with Crippen molar-refractivity contribution in [2.75, 3.05) is 0 Å². The third-order valence-corrected chi connectivity index (χ3v) is 2.92. The number of aryl methyl sites for hydroxylation is 1. The molecule has 0 aliphatic carbocycles. The predicted molar refractivity (Wildman–Crippen MR) is 69.0 cm³/mol. The number of nitrogens with two attached hydrogens (primary N) is 1. The quantitative estimate of drug-likeness (QED) is 0.873. The number of nitrogens with zero attached hydrogens (tertiary/aromatic N) is 3. The SMILES string of the molecule is CC[C@@H](N)c1ccc(OCc2ncnn2C)cc1. The molecule has 5 heteroatoms. The van der Waals surface area contributed by atoms with E-state index in [1.165, 1.54) is 6.33 Å². The Kier molecular flexibility index (Phi) is 3.94. The van der Waals surface area contributed by atoms with Gasteiger partial charge >= 0.3 is 0 Å². The van der Waals surface area contributed by atoms with Gasteiger partial charge in [-0.15, -0.1) is 0 Å². The molecule has 0 bridgehead atoms. The van der Waals surface area contributed by atoms with Crippen LogP contribution in [0.15, 0.2) is 30.6 Å². The lowest BCUT2D eigenvalue weighted by molar-refractivity contribution is 0.289. The number of hydrogen-bond donors (Lipinski definition) is 1. The Hall–Kier alpha value is -1.88. The van der Waals surface area contributed by atoms with E-state index in [2.05, 4.69) is 17.0 Å². The highest BCUT2D eigenvalue weighted by Crippen LogP contribution is 2.18. The fraction of sp³-hybridized carbons (Fsp3) is 0.385. The van der Waals surface area contributed by atoms with Gasteiger partial charge in [0.15, 0.2) is 5.82 Å². The average Bonchev–Trinajstić information content (AvgIpc) is 2.81. The Morgan fingerprint density at radius 1 is 1.33 bits per heavy atom. The molecule has 1 atom stereocenters. The molecular weight excluding hydrogens is 228 g/mol. The minimum Gasteiger partial charge on any atom is -0.486 e. The van der Waals surface area contributed by atoms with Gasteiger partial charge in [0.2, 0.25) is 0 Å². The highest BCUT2D eigenvalue weighted by atomic mass is 16.5. The van der Waals surface area contributed by atoms with E-state index in [9.17, 15) is 0 Å². The van der Waals surface area contributed by atoms with Crippen LogP contribution in [-0.4, -0.2) is 14.8 Å². The number of rotatable bonds is 5. The lowest BCUT2D eigenvalue weighted by Crippen LogP contribution is -2.08. The van der Waals surface area contributed by atoms with Gasteiger partial charge in [0.25, 0.3) is 0 Å². The average molecular weight is 246 g/mol. The summed E-state index contributed by atoms with van der Waals surface area (Å²) >= 11 is 0. The van der Waals surface area contributed by atoms with E-state index in [4.69, 9.17) is 10.5 Å². The summed E-state index contributed by atoms with van der Waals surface area (Å²) in [5.41, 5.74) is 7.08. The van der Waals surface area contributed by atoms with E-state index in [1.807, 2.05) is 31.3 Å². The molecule has 0 radical (unpaired) electrons. The van der Waals surface area contributed by atoms with Crippen molar-refractivity contribution in [2.24, 2.45) is 12.8 Å². The van der Waals surface area contributed by atoms with Crippen LogP contribution in [0.25, 0.3) is 0 Å². The minimum absolute atomic E-state index is 0.0952. The van der Waals surface area contributed by atoms with E-state index in [-0.39, 0.29) is 6.04 Å². The molecule has 0 saturated carbocycles. The lowest BCUT2D eigenvalue weighted by Gasteiger charge is -2.10. The fourth-order valence-electron chi connectivity index (χ4n) is 1.65. The van der Waals surface area contributed by atoms with Crippen LogP contribution in [0.3, 0.4) is 0 Å². The maximum Gasteiger partial charge on any atom is 0.164 e. The molecule has 2 aromatic rings. The zero-order valence-corrected chi connectivity index (χ0v) is 10.7. The van der Waals surface area contributed by atoms with Crippen molar-refractivity contribution in [3.05, 3.63) is 42.0 Å². The molecule has 5 nitrogen and oxygen atoms in total. The maximum atomic E-state index is 5.95. The molecule has 0 saturated heterocycles. The number of benzene rings is 1. The van der Waals surface area contributed by atoms with Gasteiger partial charge < -0.3 is 10.5 Å². The van der Waals surface area contributed by atoms with Gasteiger partial charge in [-0.05, 0) is 24.1 Å². The molecule has 18 heavy (non-hydrogen) atoms. The molecule has 96 valence electrons. The number of hydrogen-bond acceptors (Lipinski definition) is 4. The first-order valence-electron chi connectivity index (χ1n) is 6.02. The largest absolute Gasteiger partial charge is 0.486 e. The van der Waals surface area contributed by atoms with Crippen LogP contribution < -0.4 is 10.5 Å². The fourth-order valence-corrected chi connectivity index (χ4v) is 1.65. The monoisotopic (exact) mass is 246 g/mol. The molecule has 1 aromatic carbocycles. The second kappa shape index (κ2) is 5.64. The van der Waals surface area contributed by atoms with Gasteiger partial charge in [0.1, 0.15) is 18.7 Å².